The zero-order valence-corrected chi connectivity index (χ0v) is 15.4. The van der Waals surface area contributed by atoms with E-state index in [0.717, 1.165) is 0 Å². The van der Waals surface area contributed by atoms with Crippen LogP contribution in [0.15, 0.2) is 23.1 Å². The fraction of sp³-hybridized carbons (Fsp3) is 0.588. The monoisotopic (exact) mass is 341 g/mol. The highest BCUT2D eigenvalue weighted by Crippen LogP contribution is 2.30. The van der Waals surface area contributed by atoms with E-state index in [9.17, 15) is 13.2 Å². The van der Waals surface area contributed by atoms with Gasteiger partial charge in [-0.05, 0) is 37.0 Å². The predicted molar refractivity (Wildman–Crippen MR) is 92.6 cm³/mol. The van der Waals surface area contributed by atoms with Crippen LogP contribution in [0.4, 0.5) is 5.69 Å². The Bertz CT molecular complexity index is 634. The number of benzene rings is 1. The zero-order valence-electron chi connectivity index (χ0n) is 14.5. The fourth-order valence-corrected chi connectivity index (χ4v) is 4.26. The SMILES string of the molecule is CCC(CC)S(=O)(=O)c1ccc(OC)c(NC(=O)CC(C)C)c1. The second-order valence-electron chi connectivity index (χ2n) is 5.99. The number of methoxy groups -OCH3 is 1. The standard InChI is InChI=1S/C17H27NO4S/c1-6-13(7-2)23(20,21)14-8-9-16(22-5)15(11-14)18-17(19)10-12(3)4/h8-9,11-13H,6-7,10H2,1-5H3,(H,18,19). The third kappa shape index (κ3) is 4.96. The lowest BCUT2D eigenvalue weighted by molar-refractivity contribution is -0.116. The van der Waals surface area contributed by atoms with Crippen LogP contribution >= 0.6 is 0 Å². The van der Waals surface area contributed by atoms with Gasteiger partial charge in [0.25, 0.3) is 0 Å². The molecule has 0 aliphatic heterocycles. The van der Waals surface area contributed by atoms with Crippen molar-refractivity contribution in [1.82, 2.24) is 0 Å². The van der Waals surface area contributed by atoms with Crippen LogP contribution in [-0.4, -0.2) is 26.7 Å². The Balaban J connectivity index is 3.19. The number of carbonyl (C=O) groups excluding carboxylic acids is 1. The number of nitrogens with one attached hydrogen (secondary N) is 1. The van der Waals surface area contributed by atoms with Crippen LogP contribution in [0.3, 0.4) is 0 Å². The molecule has 0 spiro atoms. The molecule has 0 atom stereocenters. The minimum atomic E-state index is -3.41. The summed E-state index contributed by atoms with van der Waals surface area (Å²) in [7, 11) is -1.93. The third-order valence-electron chi connectivity index (χ3n) is 3.72. The lowest BCUT2D eigenvalue weighted by Gasteiger charge is -2.16. The molecular formula is C17H27NO4S. The molecule has 1 N–H and O–H groups in total. The first kappa shape index (κ1) is 19.5. The van der Waals surface area contributed by atoms with Crippen LogP contribution in [0, 0.1) is 5.92 Å². The Kier molecular flexibility index (Phi) is 7.06. The number of hydrogen-bond donors (Lipinski definition) is 1. The van der Waals surface area contributed by atoms with Gasteiger partial charge >= 0.3 is 0 Å². The first-order valence-electron chi connectivity index (χ1n) is 7.97. The van der Waals surface area contributed by atoms with E-state index < -0.39 is 15.1 Å². The van der Waals surface area contributed by atoms with Gasteiger partial charge in [-0.1, -0.05) is 27.7 Å². The van der Waals surface area contributed by atoms with Crippen LogP contribution in [0.1, 0.15) is 47.0 Å². The smallest absolute Gasteiger partial charge is 0.224 e. The summed E-state index contributed by atoms with van der Waals surface area (Å²) in [6.45, 7) is 7.62. The molecule has 1 aromatic carbocycles. The quantitative estimate of drug-likeness (QED) is 0.783. The van der Waals surface area contributed by atoms with Crippen molar-refractivity contribution in [2.24, 2.45) is 5.92 Å². The van der Waals surface area contributed by atoms with Crippen LogP contribution in [-0.2, 0) is 14.6 Å². The van der Waals surface area contributed by atoms with E-state index in [1.807, 2.05) is 27.7 Å². The molecule has 1 rings (SSSR count). The Hall–Kier alpha value is -1.56. The molecule has 130 valence electrons. The Labute approximate surface area is 139 Å². The summed E-state index contributed by atoms with van der Waals surface area (Å²) >= 11 is 0. The van der Waals surface area contributed by atoms with Gasteiger partial charge in [0.1, 0.15) is 5.75 Å². The third-order valence-corrected chi connectivity index (χ3v) is 6.17. The number of carbonyl (C=O) groups is 1. The van der Waals surface area contributed by atoms with Gasteiger partial charge in [0.05, 0.1) is 22.9 Å². The Morgan fingerprint density at radius 1 is 1.22 bits per heavy atom. The number of sulfone groups is 1. The van der Waals surface area contributed by atoms with Crippen molar-refractivity contribution < 1.29 is 17.9 Å². The molecule has 0 radical (unpaired) electrons. The molecule has 0 unspecified atom stereocenters. The van der Waals surface area contributed by atoms with Gasteiger partial charge in [-0.2, -0.15) is 0 Å². The van der Waals surface area contributed by atoms with Gasteiger partial charge in [0.2, 0.25) is 5.91 Å². The second kappa shape index (κ2) is 8.34. The van der Waals surface area contributed by atoms with Gasteiger partial charge in [-0.25, -0.2) is 8.42 Å². The summed E-state index contributed by atoms with van der Waals surface area (Å²) in [4.78, 5) is 12.2. The van der Waals surface area contributed by atoms with Crippen molar-refractivity contribution in [3.8, 4) is 5.75 Å². The highest BCUT2D eigenvalue weighted by molar-refractivity contribution is 7.92. The maximum atomic E-state index is 12.7. The summed E-state index contributed by atoms with van der Waals surface area (Å²) in [6, 6.07) is 4.61. The summed E-state index contributed by atoms with van der Waals surface area (Å²) in [5.74, 6) is 0.512. The van der Waals surface area contributed by atoms with E-state index in [0.29, 0.717) is 30.7 Å². The highest BCUT2D eigenvalue weighted by Gasteiger charge is 2.25. The summed E-state index contributed by atoms with van der Waals surface area (Å²) in [5.41, 5.74) is 0.394. The molecule has 0 aliphatic carbocycles. The minimum Gasteiger partial charge on any atom is -0.495 e. The molecule has 1 aromatic rings. The van der Waals surface area contributed by atoms with Crippen molar-refractivity contribution in [2.45, 2.75) is 57.1 Å². The van der Waals surface area contributed by atoms with Crippen molar-refractivity contribution in [2.75, 3.05) is 12.4 Å². The van der Waals surface area contributed by atoms with E-state index in [4.69, 9.17) is 4.74 Å². The van der Waals surface area contributed by atoms with Gasteiger partial charge in [0, 0.05) is 6.42 Å². The lowest BCUT2D eigenvalue weighted by atomic mass is 10.1. The minimum absolute atomic E-state index is 0.157. The maximum Gasteiger partial charge on any atom is 0.224 e. The van der Waals surface area contributed by atoms with Gasteiger partial charge < -0.3 is 10.1 Å². The predicted octanol–water partition coefficient (Wildman–Crippen LogP) is 3.64. The molecule has 0 aliphatic rings. The second-order valence-corrected chi connectivity index (χ2v) is 8.22. The van der Waals surface area contributed by atoms with E-state index in [1.54, 1.807) is 6.07 Å². The number of rotatable bonds is 8. The molecule has 0 heterocycles. The number of amides is 1. The molecular weight excluding hydrogens is 314 g/mol. The summed E-state index contributed by atoms with van der Waals surface area (Å²) < 4.78 is 30.5. The van der Waals surface area contributed by atoms with Gasteiger partial charge in [-0.3, -0.25) is 4.79 Å². The first-order chi connectivity index (χ1) is 10.8. The molecule has 5 nitrogen and oxygen atoms in total. The molecule has 0 saturated carbocycles. The normalized spacial score (nSPS) is 11.8. The highest BCUT2D eigenvalue weighted by atomic mass is 32.2. The van der Waals surface area contributed by atoms with Crippen LogP contribution < -0.4 is 10.1 Å². The number of ether oxygens (including phenoxy) is 1. The Morgan fingerprint density at radius 2 is 1.83 bits per heavy atom. The van der Waals surface area contributed by atoms with Crippen molar-refractivity contribution >= 4 is 21.4 Å². The molecule has 23 heavy (non-hydrogen) atoms. The average molecular weight is 341 g/mol. The maximum absolute atomic E-state index is 12.7. The van der Waals surface area contributed by atoms with E-state index in [2.05, 4.69) is 5.32 Å². The van der Waals surface area contributed by atoms with Gasteiger partial charge in [-0.15, -0.1) is 0 Å². The van der Waals surface area contributed by atoms with Crippen LogP contribution in [0.2, 0.25) is 0 Å². The lowest BCUT2D eigenvalue weighted by Crippen LogP contribution is -2.20. The van der Waals surface area contributed by atoms with Crippen molar-refractivity contribution in [3.05, 3.63) is 18.2 Å². The van der Waals surface area contributed by atoms with Crippen LogP contribution in [0.5, 0.6) is 5.75 Å². The largest absolute Gasteiger partial charge is 0.495 e. The van der Waals surface area contributed by atoms with E-state index >= 15 is 0 Å². The van der Waals surface area contributed by atoms with Crippen molar-refractivity contribution in [1.29, 1.82) is 0 Å². The molecule has 0 fully saturated rings. The molecule has 1 amide bonds. The summed E-state index contributed by atoms with van der Waals surface area (Å²) in [5, 5.41) is 2.33. The molecule has 6 heteroatoms. The summed E-state index contributed by atoms with van der Waals surface area (Å²) in [6.07, 6.45) is 1.48. The molecule has 0 saturated heterocycles. The van der Waals surface area contributed by atoms with Crippen molar-refractivity contribution in [3.63, 3.8) is 0 Å². The zero-order chi connectivity index (χ0) is 17.6. The topological polar surface area (TPSA) is 72.5 Å². The van der Waals surface area contributed by atoms with Crippen LogP contribution in [0.25, 0.3) is 0 Å². The number of hydrogen-bond acceptors (Lipinski definition) is 4. The molecule has 0 aromatic heterocycles. The Morgan fingerprint density at radius 3 is 2.30 bits per heavy atom. The first-order valence-corrected chi connectivity index (χ1v) is 9.52. The average Bonchev–Trinajstić information content (AvgIpc) is 2.47. The fourth-order valence-electron chi connectivity index (χ4n) is 2.45. The molecule has 0 bridgehead atoms. The van der Waals surface area contributed by atoms with E-state index in [1.165, 1.54) is 19.2 Å². The van der Waals surface area contributed by atoms with Gasteiger partial charge in [0.15, 0.2) is 9.84 Å². The van der Waals surface area contributed by atoms with E-state index in [-0.39, 0.29) is 16.7 Å². The number of anilines is 1.